The summed E-state index contributed by atoms with van der Waals surface area (Å²) < 4.78 is 54.8. The molecule has 0 amide bonds. The van der Waals surface area contributed by atoms with Crippen LogP contribution in [-0.4, -0.2) is 73.8 Å². The number of sulfonamides is 2. The highest BCUT2D eigenvalue weighted by molar-refractivity contribution is 7.89. The number of rotatable bonds is 15. The summed E-state index contributed by atoms with van der Waals surface area (Å²) in [5.74, 6) is -2.14. The van der Waals surface area contributed by atoms with E-state index in [4.69, 9.17) is 10.2 Å². The van der Waals surface area contributed by atoms with Crippen molar-refractivity contribution >= 4 is 32.0 Å². The van der Waals surface area contributed by atoms with Gasteiger partial charge in [-0.05, 0) is 37.1 Å². The van der Waals surface area contributed by atoms with Gasteiger partial charge < -0.3 is 10.2 Å². The maximum atomic E-state index is 13.2. The minimum Gasteiger partial charge on any atom is -0.481 e. The van der Waals surface area contributed by atoms with Crippen LogP contribution in [0.4, 0.5) is 0 Å². The number of aliphatic carboxylic acids is 2. The molecule has 2 rings (SSSR count). The number of benzene rings is 2. The summed E-state index contributed by atoms with van der Waals surface area (Å²) in [4.78, 5) is 21.9. The Morgan fingerprint density at radius 1 is 0.588 bits per heavy atom. The predicted molar refractivity (Wildman–Crippen MR) is 124 cm³/mol. The number of hydrogen-bond donors (Lipinski definition) is 2. The lowest BCUT2D eigenvalue weighted by atomic mass is 10.3. The molecule has 34 heavy (non-hydrogen) atoms. The third-order valence-corrected chi connectivity index (χ3v) is 8.78. The summed E-state index contributed by atoms with van der Waals surface area (Å²) in [7, 11) is -8.03. The van der Waals surface area contributed by atoms with Gasteiger partial charge in [-0.25, -0.2) is 16.8 Å². The topological polar surface area (TPSA) is 149 Å². The molecule has 0 atom stereocenters. The van der Waals surface area contributed by atoms with Crippen LogP contribution in [-0.2, 0) is 29.6 Å². The number of carboxylic acid groups (broad SMARTS) is 2. The Morgan fingerprint density at radius 2 is 0.912 bits per heavy atom. The van der Waals surface area contributed by atoms with E-state index in [1.54, 1.807) is 36.4 Å². The summed E-state index contributed by atoms with van der Waals surface area (Å²) in [6.07, 6.45) is -0.394. The minimum absolute atomic E-state index is 0.00803. The molecule has 2 aromatic rings. The molecule has 0 aliphatic carbocycles. The third kappa shape index (κ3) is 7.90. The van der Waals surface area contributed by atoms with Gasteiger partial charge in [0.2, 0.25) is 20.0 Å². The Bertz CT molecular complexity index is 1060. The van der Waals surface area contributed by atoms with E-state index in [0.29, 0.717) is 0 Å². The summed E-state index contributed by atoms with van der Waals surface area (Å²) in [5, 5.41) is 17.9. The van der Waals surface area contributed by atoms with Gasteiger partial charge in [0.25, 0.3) is 0 Å². The van der Waals surface area contributed by atoms with Crippen molar-refractivity contribution in [3.8, 4) is 0 Å². The minimum atomic E-state index is -4.01. The first kappa shape index (κ1) is 27.4. The lowest BCUT2D eigenvalue weighted by Crippen LogP contribution is -2.42. The van der Waals surface area contributed by atoms with Gasteiger partial charge in [0, 0.05) is 39.0 Å². The van der Waals surface area contributed by atoms with Crippen LogP contribution in [0.1, 0.15) is 25.7 Å². The number of nitrogens with zero attached hydrogens (tertiary/aromatic N) is 2. The van der Waals surface area contributed by atoms with Crippen molar-refractivity contribution < 1.29 is 36.6 Å². The Hall–Kier alpha value is -2.80. The van der Waals surface area contributed by atoms with Crippen molar-refractivity contribution in [2.24, 2.45) is 0 Å². The fourth-order valence-electron chi connectivity index (χ4n) is 3.22. The van der Waals surface area contributed by atoms with Crippen LogP contribution in [0.15, 0.2) is 70.5 Å². The highest BCUT2D eigenvalue weighted by Crippen LogP contribution is 2.19. The van der Waals surface area contributed by atoms with Crippen molar-refractivity contribution in [1.29, 1.82) is 0 Å². The molecule has 12 heteroatoms. The van der Waals surface area contributed by atoms with E-state index in [1.165, 1.54) is 24.3 Å². The molecule has 2 aromatic carbocycles. The molecule has 10 nitrogen and oxygen atoms in total. The molecule has 0 fully saturated rings. The maximum absolute atomic E-state index is 13.2. The molecule has 0 radical (unpaired) electrons. The van der Waals surface area contributed by atoms with E-state index in [0.717, 1.165) is 8.61 Å². The molecular weight excluding hydrogens is 484 g/mol. The Balaban J connectivity index is 2.29. The van der Waals surface area contributed by atoms with E-state index in [-0.39, 0.29) is 61.7 Å². The quantitative estimate of drug-likeness (QED) is 0.368. The highest BCUT2D eigenvalue weighted by atomic mass is 32.2. The zero-order chi connectivity index (χ0) is 25.2. The normalized spacial score (nSPS) is 12.2. The molecule has 186 valence electrons. The average molecular weight is 513 g/mol. The zero-order valence-electron chi connectivity index (χ0n) is 18.5. The van der Waals surface area contributed by atoms with Crippen LogP contribution in [0.3, 0.4) is 0 Å². The smallest absolute Gasteiger partial charge is 0.303 e. The van der Waals surface area contributed by atoms with Gasteiger partial charge in [-0.1, -0.05) is 36.4 Å². The lowest BCUT2D eigenvalue weighted by molar-refractivity contribution is -0.138. The monoisotopic (exact) mass is 512 g/mol. The molecule has 0 heterocycles. The van der Waals surface area contributed by atoms with Gasteiger partial charge in [-0.3, -0.25) is 9.59 Å². The highest BCUT2D eigenvalue weighted by Gasteiger charge is 2.29. The second-order valence-corrected chi connectivity index (χ2v) is 11.3. The molecule has 0 spiro atoms. The Labute approximate surface area is 199 Å². The third-order valence-electron chi connectivity index (χ3n) is 4.96. The molecule has 0 aliphatic heterocycles. The van der Waals surface area contributed by atoms with Crippen molar-refractivity contribution in [2.75, 3.05) is 26.2 Å². The van der Waals surface area contributed by atoms with Crippen LogP contribution in [0.25, 0.3) is 0 Å². The molecular formula is C22H28N2O8S2. The molecule has 0 bridgehead atoms. The van der Waals surface area contributed by atoms with Crippen LogP contribution < -0.4 is 0 Å². The fourth-order valence-corrected chi connectivity index (χ4v) is 6.21. The van der Waals surface area contributed by atoms with Gasteiger partial charge in [0.15, 0.2) is 0 Å². The van der Waals surface area contributed by atoms with E-state index < -0.39 is 32.0 Å². The Kier molecular flexibility index (Phi) is 10.2. The summed E-state index contributed by atoms with van der Waals surface area (Å²) in [5.41, 5.74) is 0. The van der Waals surface area contributed by atoms with E-state index in [2.05, 4.69) is 0 Å². The van der Waals surface area contributed by atoms with Gasteiger partial charge in [-0.2, -0.15) is 8.61 Å². The van der Waals surface area contributed by atoms with Gasteiger partial charge in [0.05, 0.1) is 9.79 Å². The number of hydrogen-bond acceptors (Lipinski definition) is 6. The predicted octanol–water partition coefficient (Wildman–Crippen LogP) is 2.10. The number of carboxylic acids is 2. The average Bonchev–Trinajstić information content (AvgIpc) is 2.80. The Morgan fingerprint density at radius 3 is 1.21 bits per heavy atom. The maximum Gasteiger partial charge on any atom is 0.303 e. The first-order chi connectivity index (χ1) is 16.0. The molecule has 0 aliphatic rings. The fraction of sp³-hybridized carbons (Fsp3) is 0.364. The largest absolute Gasteiger partial charge is 0.481 e. The summed E-state index contributed by atoms with van der Waals surface area (Å²) in [6.45, 7) is -0.679. The molecule has 2 N–H and O–H groups in total. The lowest BCUT2D eigenvalue weighted by Gasteiger charge is -2.27. The second kappa shape index (κ2) is 12.6. The molecule has 0 saturated heterocycles. The van der Waals surface area contributed by atoms with Crippen molar-refractivity contribution in [1.82, 2.24) is 8.61 Å². The van der Waals surface area contributed by atoms with Crippen LogP contribution in [0.5, 0.6) is 0 Å². The van der Waals surface area contributed by atoms with Gasteiger partial charge in [0.1, 0.15) is 0 Å². The standard InChI is InChI=1S/C22H28N2O8S2/c25-21(26)13-7-15-23(33(29,30)19-9-3-1-4-10-19)17-18-24(16-8-14-22(27)28)34(31,32)20-11-5-2-6-12-20/h1-6,9-12H,7-8,13-18H2,(H,25,26)(H,27,28). The van der Waals surface area contributed by atoms with Gasteiger partial charge in [-0.15, -0.1) is 0 Å². The molecule has 0 aromatic heterocycles. The van der Waals surface area contributed by atoms with Crippen molar-refractivity contribution in [2.45, 2.75) is 35.5 Å². The van der Waals surface area contributed by atoms with Gasteiger partial charge >= 0.3 is 11.9 Å². The van der Waals surface area contributed by atoms with Crippen LogP contribution in [0, 0.1) is 0 Å². The van der Waals surface area contributed by atoms with Crippen LogP contribution >= 0.6 is 0 Å². The van der Waals surface area contributed by atoms with E-state index in [1.807, 2.05) is 0 Å². The zero-order valence-corrected chi connectivity index (χ0v) is 20.1. The molecule has 0 unspecified atom stereocenters. The molecule has 0 saturated carbocycles. The second-order valence-electron chi connectivity index (χ2n) is 7.43. The van der Waals surface area contributed by atoms with Crippen molar-refractivity contribution in [3.05, 3.63) is 60.7 Å². The first-order valence-electron chi connectivity index (χ1n) is 10.6. The van der Waals surface area contributed by atoms with Crippen LogP contribution in [0.2, 0.25) is 0 Å². The van der Waals surface area contributed by atoms with Crippen molar-refractivity contribution in [3.63, 3.8) is 0 Å². The summed E-state index contributed by atoms with van der Waals surface area (Å²) in [6, 6.07) is 15.2. The first-order valence-corrected chi connectivity index (χ1v) is 13.5. The van der Waals surface area contributed by atoms with E-state index in [9.17, 15) is 26.4 Å². The summed E-state index contributed by atoms with van der Waals surface area (Å²) >= 11 is 0. The number of carbonyl (C=O) groups is 2. The van der Waals surface area contributed by atoms with E-state index >= 15 is 0 Å². The SMILES string of the molecule is O=C(O)CCCN(CCN(CCCC(=O)O)S(=O)(=O)c1ccccc1)S(=O)(=O)c1ccccc1.